The third-order valence-corrected chi connectivity index (χ3v) is 5.29. The highest BCUT2D eigenvalue weighted by molar-refractivity contribution is 5.94. The van der Waals surface area contributed by atoms with Crippen LogP contribution in [0.25, 0.3) is 10.9 Å². The summed E-state index contributed by atoms with van der Waals surface area (Å²) in [5.41, 5.74) is 2.76. The second-order valence-corrected chi connectivity index (χ2v) is 7.37. The number of aromatic nitrogens is 1. The summed E-state index contributed by atoms with van der Waals surface area (Å²) in [5.74, 6) is 1.03. The third kappa shape index (κ3) is 4.53. The summed E-state index contributed by atoms with van der Waals surface area (Å²) in [4.78, 5) is 30.6. The number of methoxy groups -OCH3 is 1. The number of amides is 1. The second kappa shape index (κ2) is 8.92. The molecule has 0 aliphatic rings. The Bertz CT molecular complexity index is 1260. The van der Waals surface area contributed by atoms with Crippen LogP contribution in [0.1, 0.15) is 34.2 Å². The summed E-state index contributed by atoms with van der Waals surface area (Å²) in [6, 6.07) is 18.4. The first-order valence-electron chi connectivity index (χ1n) is 10.2. The molecule has 2 heterocycles. The van der Waals surface area contributed by atoms with E-state index in [1.54, 1.807) is 48.6 Å². The molecule has 6 heteroatoms. The molecule has 0 radical (unpaired) electrons. The van der Waals surface area contributed by atoms with E-state index in [-0.39, 0.29) is 24.6 Å². The monoisotopic (exact) mass is 416 g/mol. The van der Waals surface area contributed by atoms with Gasteiger partial charge in [-0.15, -0.1) is 0 Å². The van der Waals surface area contributed by atoms with Gasteiger partial charge in [0.05, 0.1) is 26.5 Å². The highest BCUT2D eigenvalue weighted by atomic mass is 16.5. The van der Waals surface area contributed by atoms with Gasteiger partial charge in [0.2, 0.25) is 0 Å². The smallest absolute Gasteiger partial charge is 0.254 e. The molecule has 0 saturated heterocycles. The number of H-pyrrole nitrogens is 1. The number of aryl methyl sites for hydroxylation is 1. The van der Waals surface area contributed by atoms with Gasteiger partial charge in [0.25, 0.3) is 11.5 Å². The van der Waals surface area contributed by atoms with Gasteiger partial charge in [0.1, 0.15) is 11.5 Å². The number of nitrogens with one attached hydrogen (secondary N) is 1. The van der Waals surface area contributed by atoms with Crippen molar-refractivity contribution in [2.75, 3.05) is 7.11 Å². The molecule has 0 fully saturated rings. The van der Waals surface area contributed by atoms with Crippen molar-refractivity contribution in [3.63, 3.8) is 0 Å². The zero-order valence-corrected chi connectivity index (χ0v) is 17.6. The number of carbonyl (C=O) groups excluding carboxylic acids is 1. The average Bonchev–Trinajstić information content (AvgIpc) is 3.31. The van der Waals surface area contributed by atoms with E-state index in [9.17, 15) is 9.59 Å². The van der Waals surface area contributed by atoms with Gasteiger partial charge in [-0.3, -0.25) is 9.59 Å². The van der Waals surface area contributed by atoms with Gasteiger partial charge in [-0.2, -0.15) is 0 Å². The van der Waals surface area contributed by atoms with E-state index >= 15 is 0 Å². The predicted octanol–water partition coefficient (Wildman–Crippen LogP) is 4.53. The second-order valence-electron chi connectivity index (χ2n) is 7.37. The SMILES string of the molecule is CCc1ccc2[nH]c(=O)c(CN(Cc3ccco3)C(=O)c3cccc(OC)c3)cc2c1. The van der Waals surface area contributed by atoms with Gasteiger partial charge in [-0.1, -0.05) is 19.1 Å². The van der Waals surface area contributed by atoms with Crippen LogP contribution in [-0.2, 0) is 19.5 Å². The van der Waals surface area contributed by atoms with Crippen molar-refractivity contribution in [1.82, 2.24) is 9.88 Å². The van der Waals surface area contributed by atoms with Crippen LogP contribution in [0.5, 0.6) is 5.75 Å². The minimum absolute atomic E-state index is 0.151. The molecule has 1 N–H and O–H groups in total. The van der Waals surface area contributed by atoms with Crippen molar-refractivity contribution in [1.29, 1.82) is 0 Å². The highest BCUT2D eigenvalue weighted by Gasteiger charge is 2.20. The summed E-state index contributed by atoms with van der Waals surface area (Å²) in [5, 5.41) is 0.945. The normalized spacial score (nSPS) is 10.9. The zero-order chi connectivity index (χ0) is 21.8. The van der Waals surface area contributed by atoms with Gasteiger partial charge < -0.3 is 19.0 Å². The van der Waals surface area contributed by atoms with Crippen LogP contribution in [0.15, 0.2) is 76.1 Å². The molecule has 0 saturated carbocycles. The van der Waals surface area contributed by atoms with E-state index in [2.05, 4.69) is 18.0 Å². The topological polar surface area (TPSA) is 75.5 Å². The van der Waals surface area contributed by atoms with Gasteiger partial charge in [0, 0.05) is 16.6 Å². The third-order valence-electron chi connectivity index (χ3n) is 5.29. The molecule has 4 aromatic rings. The van der Waals surface area contributed by atoms with Crippen LogP contribution in [-0.4, -0.2) is 22.9 Å². The number of benzene rings is 2. The Labute approximate surface area is 180 Å². The lowest BCUT2D eigenvalue weighted by atomic mass is 10.1. The summed E-state index contributed by atoms with van der Waals surface area (Å²) in [6.07, 6.45) is 2.47. The molecule has 2 aromatic heterocycles. The summed E-state index contributed by atoms with van der Waals surface area (Å²) >= 11 is 0. The maximum Gasteiger partial charge on any atom is 0.254 e. The van der Waals surface area contributed by atoms with Crippen LogP contribution in [0, 0.1) is 0 Å². The average molecular weight is 416 g/mol. The fraction of sp³-hybridized carbons (Fsp3) is 0.200. The van der Waals surface area contributed by atoms with E-state index < -0.39 is 0 Å². The van der Waals surface area contributed by atoms with Crippen molar-refractivity contribution in [3.05, 3.63) is 99.7 Å². The molecule has 1 amide bonds. The largest absolute Gasteiger partial charge is 0.497 e. The molecule has 0 spiro atoms. The molecule has 4 rings (SSSR count). The van der Waals surface area contributed by atoms with Crippen molar-refractivity contribution in [3.8, 4) is 5.75 Å². The van der Waals surface area contributed by atoms with E-state index in [1.165, 1.54) is 5.56 Å². The Kier molecular flexibility index (Phi) is 5.89. The molecule has 2 aromatic carbocycles. The molecule has 31 heavy (non-hydrogen) atoms. The first-order chi connectivity index (χ1) is 15.1. The molecule has 0 aliphatic heterocycles. The number of pyridine rings is 1. The molecule has 0 aliphatic carbocycles. The maximum absolute atomic E-state index is 13.3. The summed E-state index contributed by atoms with van der Waals surface area (Å²) < 4.78 is 10.7. The number of aromatic amines is 1. The van der Waals surface area contributed by atoms with Crippen LogP contribution in [0.2, 0.25) is 0 Å². The maximum atomic E-state index is 13.3. The lowest BCUT2D eigenvalue weighted by molar-refractivity contribution is 0.0716. The zero-order valence-electron chi connectivity index (χ0n) is 17.6. The number of furan rings is 1. The number of carbonyl (C=O) groups is 1. The minimum Gasteiger partial charge on any atom is -0.497 e. The van der Waals surface area contributed by atoms with E-state index in [0.717, 1.165) is 17.3 Å². The highest BCUT2D eigenvalue weighted by Crippen LogP contribution is 2.19. The predicted molar refractivity (Wildman–Crippen MR) is 119 cm³/mol. The Morgan fingerprint density at radius 1 is 1.06 bits per heavy atom. The molecular weight excluding hydrogens is 392 g/mol. The molecule has 6 nitrogen and oxygen atoms in total. The van der Waals surface area contributed by atoms with Crippen molar-refractivity contribution >= 4 is 16.8 Å². The fourth-order valence-corrected chi connectivity index (χ4v) is 3.57. The molecule has 158 valence electrons. The van der Waals surface area contributed by atoms with E-state index in [4.69, 9.17) is 9.15 Å². The number of hydrogen-bond donors (Lipinski definition) is 1. The van der Waals surface area contributed by atoms with Gasteiger partial charge in [0.15, 0.2) is 0 Å². The number of hydrogen-bond acceptors (Lipinski definition) is 4. The van der Waals surface area contributed by atoms with Crippen molar-refractivity contribution in [2.24, 2.45) is 0 Å². The molecule has 0 atom stereocenters. The van der Waals surface area contributed by atoms with Crippen LogP contribution >= 0.6 is 0 Å². The van der Waals surface area contributed by atoms with Gasteiger partial charge >= 0.3 is 0 Å². The number of nitrogens with zero attached hydrogens (tertiary/aromatic N) is 1. The van der Waals surface area contributed by atoms with E-state index in [1.807, 2.05) is 24.3 Å². The molecule has 0 bridgehead atoms. The van der Waals surface area contributed by atoms with Gasteiger partial charge in [-0.25, -0.2) is 0 Å². The van der Waals surface area contributed by atoms with Crippen LogP contribution in [0.4, 0.5) is 0 Å². The number of fused-ring (bicyclic) bond motifs is 1. The summed E-state index contributed by atoms with van der Waals surface area (Å²) in [7, 11) is 1.56. The van der Waals surface area contributed by atoms with Crippen LogP contribution < -0.4 is 10.3 Å². The first-order valence-corrected chi connectivity index (χ1v) is 10.2. The first kappa shape index (κ1) is 20.5. The molecule has 0 unspecified atom stereocenters. The minimum atomic E-state index is -0.211. The fourth-order valence-electron chi connectivity index (χ4n) is 3.57. The Hall–Kier alpha value is -3.80. The molecular formula is C25H24N2O4. The lowest BCUT2D eigenvalue weighted by Crippen LogP contribution is -2.32. The standard InChI is InChI=1S/C25H24N2O4/c1-3-17-9-10-23-19(12-17)13-20(24(28)26-23)15-27(16-22-8-5-11-31-22)25(29)18-6-4-7-21(14-18)30-2/h4-14H,3,15-16H2,1-2H3,(H,26,28). The summed E-state index contributed by atoms with van der Waals surface area (Å²) in [6.45, 7) is 2.49. The Morgan fingerprint density at radius 3 is 2.68 bits per heavy atom. The van der Waals surface area contributed by atoms with Gasteiger partial charge in [-0.05, 0) is 65.9 Å². The van der Waals surface area contributed by atoms with Crippen molar-refractivity contribution in [2.45, 2.75) is 26.4 Å². The Morgan fingerprint density at radius 2 is 1.94 bits per heavy atom. The Balaban J connectivity index is 1.71. The lowest BCUT2D eigenvalue weighted by Gasteiger charge is -2.22. The van der Waals surface area contributed by atoms with E-state index in [0.29, 0.717) is 22.6 Å². The van der Waals surface area contributed by atoms with Crippen LogP contribution in [0.3, 0.4) is 0 Å². The number of ether oxygens (including phenoxy) is 1. The quantitative estimate of drug-likeness (QED) is 0.480. The number of rotatable bonds is 7. The van der Waals surface area contributed by atoms with Crippen molar-refractivity contribution < 1.29 is 13.9 Å².